The number of rotatable bonds is 13. The molecule has 0 bridgehead atoms. The van der Waals surface area contributed by atoms with Crippen molar-refractivity contribution in [3.63, 3.8) is 0 Å². The van der Waals surface area contributed by atoms with Gasteiger partial charge in [0.2, 0.25) is 0 Å². The topological polar surface area (TPSA) is 36.1 Å². The number of unbranched alkanes of at least 4 members (excludes halogenated alkanes) is 2. The zero-order valence-electron chi connectivity index (χ0n) is 11.8. The number of hydrogen-bond donors (Lipinski definition) is 3. The minimum absolute atomic E-state index is 0.258. The first-order chi connectivity index (χ1) is 8.74. The summed E-state index contributed by atoms with van der Waals surface area (Å²) >= 11 is 0. The zero-order chi connectivity index (χ0) is 13.7. The molecule has 3 heteroatoms. The summed E-state index contributed by atoms with van der Waals surface area (Å²) in [6.45, 7) is 15.8. The second-order valence-electron chi connectivity index (χ2n) is 4.37. The van der Waals surface area contributed by atoms with Gasteiger partial charge < -0.3 is 0 Å². The molecule has 0 radical (unpaired) electrons. The minimum Gasteiger partial charge on any atom is -0.283 e. The Balaban J connectivity index is 4.54. The predicted octanol–water partition coefficient (Wildman–Crippen LogP) is 2.55. The second-order valence-corrected chi connectivity index (χ2v) is 4.37. The van der Waals surface area contributed by atoms with E-state index < -0.39 is 0 Å². The Kier molecular flexibility index (Phi) is 10.6. The van der Waals surface area contributed by atoms with E-state index in [-0.39, 0.29) is 5.79 Å². The Hall–Kier alpha value is -0.900. The van der Waals surface area contributed by atoms with E-state index in [9.17, 15) is 0 Å². The van der Waals surface area contributed by atoms with Crippen molar-refractivity contribution in [2.24, 2.45) is 0 Å². The highest BCUT2D eigenvalue weighted by Crippen LogP contribution is 2.10. The van der Waals surface area contributed by atoms with Gasteiger partial charge in [0.05, 0.1) is 0 Å². The SMILES string of the molecule is C=CCNC(CCCCC)(NCC=C)NCC=C. The normalized spacial score (nSPS) is 11.2. The maximum Gasteiger partial charge on any atom is 0.124 e. The first-order valence-corrected chi connectivity index (χ1v) is 6.82. The Morgan fingerprint density at radius 1 is 0.833 bits per heavy atom. The molecule has 0 aliphatic heterocycles. The lowest BCUT2D eigenvalue weighted by Crippen LogP contribution is -2.66. The molecule has 0 amide bonds. The summed E-state index contributed by atoms with van der Waals surface area (Å²) in [5.41, 5.74) is 0. The van der Waals surface area contributed by atoms with Crippen molar-refractivity contribution in [3.8, 4) is 0 Å². The molecule has 0 aromatic carbocycles. The van der Waals surface area contributed by atoms with Gasteiger partial charge in [0.1, 0.15) is 5.79 Å². The molecule has 3 N–H and O–H groups in total. The van der Waals surface area contributed by atoms with Crippen LogP contribution in [0, 0.1) is 0 Å². The third-order valence-corrected chi connectivity index (χ3v) is 2.80. The molecule has 0 atom stereocenters. The van der Waals surface area contributed by atoms with Crippen LogP contribution in [-0.4, -0.2) is 25.4 Å². The molecule has 0 fully saturated rings. The summed E-state index contributed by atoms with van der Waals surface area (Å²) in [7, 11) is 0. The zero-order valence-corrected chi connectivity index (χ0v) is 11.8. The van der Waals surface area contributed by atoms with Crippen LogP contribution in [0.5, 0.6) is 0 Å². The monoisotopic (exact) mass is 251 g/mol. The molecule has 0 saturated heterocycles. The molecule has 0 heterocycles. The van der Waals surface area contributed by atoms with Crippen molar-refractivity contribution in [2.75, 3.05) is 19.6 Å². The lowest BCUT2D eigenvalue weighted by atomic mass is 10.1. The highest BCUT2D eigenvalue weighted by molar-refractivity contribution is 4.90. The van der Waals surface area contributed by atoms with Gasteiger partial charge in [-0.1, -0.05) is 38.0 Å². The average Bonchev–Trinajstić information content (AvgIpc) is 2.40. The quantitative estimate of drug-likeness (QED) is 0.267. The van der Waals surface area contributed by atoms with E-state index in [0.717, 1.165) is 26.1 Å². The van der Waals surface area contributed by atoms with Crippen LogP contribution in [0.3, 0.4) is 0 Å². The lowest BCUT2D eigenvalue weighted by Gasteiger charge is -2.36. The van der Waals surface area contributed by atoms with E-state index in [1.54, 1.807) is 0 Å². The van der Waals surface area contributed by atoms with Crippen LogP contribution >= 0.6 is 0 Å². The van der Waals surface area contributed by atoms with Crippen LogP contribution in [0.1, 0.15) is 32.6 Å². The fourth-order valence-corrected chi connectivity index (χ4v) is 1.83. The van der Waals surface area contributed by atoms with Crippen LogP contribution in [-0.2, 0) is 0 Å². The summed E-state index contributed by atoms with van der Waals surface area (Å²) in [4.78, 5) is 0. The smallest absolute Gasteiger partial charge is 0.124 e. The molecule has 3 nitrogen and oxygen atoms in total. The number of hydrogen-bond acceptors (Lipinski definition) is 3. The first-order valence-electron chi connectivity index (χ1n) is 6.82. The van der Waals surface area contributed by atoms with Gasteiger partial charge in [-0.3, -0.25) is 16.0 Å². The van der Waals surface area contributed by atoms with E-state index in [1.807, 2.05) is 18.2 Å². The molecule has 18 heavy (non-hydrogen) atoms. The van der Waals surface area contributed by atoms with E-state index in [2.05, 4.69) is 42.6 Å². The van der Waals surface area contributed by atoms with Gasteiger partial charge >= 0.3 is 0 Å². The summed E-state index contributed by atoms with van der Waals surface area (Å²) in [6, 6.07) is 0. The fourth-order valence-electron chi connectivity index (χ4n) is 1.83. The molecular formula is C15H29N3. The third kappa shape index (κ3) is 7.43. The van der Waals surface area contributed by atoms with Crippen LogP contribution in [0.2, 0.25) is 0 Å². The largest absolute Gasteiger partial charge is 0.283 e. The van der Waals surface area contributed by atoms with E-state index in [0.29, 0.717) is 0 Å². The Bertz CT molecular complexity index is 205. The Labute approximate surface area is 112 Å². The molecule has 0 aliphatic rings. The van der Waals surface area contributed by atoms with Crippen LogP contribution in [0.25, 0.3) is 0 Å². The van der Waals surface area contributed by atoms with Crippen molar-refractivity contribution in [1.82, 2.24) is 16.0 Å². The molecule has 0 unspecified atom stereocenters. The standard InChI is InChI=1S/C15H29N3/c1-5-9-10-11-15(16-12-6-2,17-13-7-3)18-14-8-4/h6-8,16-18H,2-5,9-14H2,1H3. The summed E-state index contributed by atoms with van der Waals surface area (Å²) < 4.78 is 0. The molecule has 0 saturated carbocycles. The summed E-state index contributed by atoms with van der Waals surface area (Å²) in [5, 5.41) is 10.4. The second kappa shape index (κ2) is 11.2. The molecule has 0 rings (SSSR count). The van der Waals surface area contributed by atoms with Gasteiger partial charge in [-0.15, -0.1) is 19.7 Å². The molecule has 104 valence electrons. The van der Waals surface area contributed by atoms with Crippen LogP contribution < -0.4 is 16.0 Å². The van der Waals surface area contributed by atoms with Gasteiger partial charge in [-0.2, -0.15) is 0 Å². The average molecular weight is 251 g/mol. The van der Waals surface area contributed by atoms with Crippen LogP contribution in [0.4, 0.5) is 0 Å². The van der Waals surface area contributed by atoms with E-state index in [4.69, 9.17) is 0 Å². The molecule has 0 aromatic heterocycles. The summed E-state index contributed by atoms with van der Waals surface area (Å²) in [5.74, 6) is -0.258. The maximum atomic E-state index is 3.76. The van der Waals surface area contributed by atoms with Gasteiger partial charge in [-0.25, -0.2) is 0 Å². The van der Waals surface area contributed by atoms with Crippen LogP contribution in [0.15, 0.2) is 38.0 Å². The first kappa shape index (κ1) is 17.1. The molecule has 0 spiro atoms. The van der Waals surface area contributed by atoms with Gasteiger partial charge in [0.25, 0.3) is 0 Å². The van der Waals surface area contributed by atoms with E-state index >= 15 is 0 Å². The van der Waals surface area contributed by atoms with Crippen molar-refractivity contribution in [3.05, 3.63) is 38.0 Å². The van der Waals surface area contributed by atoms with E-state index in [1.165, 1.54) is 19.3 Å². The Morgan fingerprint density at radius 3 is 1.61 bits per heavy atom. The molecular weight excluding hydrogens is 222 g/mol. The third-order valence-electron chi connectivity index (χ3n) is 2.80. The minimum atomic E-state index is -0.258. The summed E-state index contributed by atoms with van der Waals surface area (Å²) in [6.07, 6.45) is 10.3. The van der Waals surface area contributed by atoms with Crippen molar-refractivity contribution in [2.45, 2.75) is 38.4 Å². The lowest BCUT2D eigenvalue weighted by molar-refractivity contribution is 0.197. The highest BCUT2D eigenvalue weighted by Gasteiger charge is 2.26. The highest BCUT2D eigenvalue weighted by atomic mass is 15.3. The van der Waals surface area contributed by atoms with Gasteiger partial charge in [0.15, 0.2) is 0 Å². The fraction of sp³-hybridized carbons (Fsp3) is 0.600. The van der Waals surface area contributed by atoms with Gasteiger partial charge in [-0.05, 0) is 12.8 Å². The van der Waals surface area contributed by atoms with Gasteiger partial charge in [0, 0.05) is 19.6 Å². The Morgan fingerprint density at radius 2 is 1.28 bits per heavy atom. The molecule has 0 aliphatic carbocycles. The molecule has 0 aromatic rings. The predicted molar refractivity (Wildman–Crippen MR) is 81.5 cm³/mol. The number of nitrogens with one attached hydrogen (secondary N) is 3. The van der Waals surface area contributed by atoms with Crippen molar-refractivity contribution in [1.29, 1.82) is 0 Å². The maximum absolute atomic E-state index is 3.76. The van der Waals surface area contributed by atoms with Crippen molar-refractivity contribution >= 4 is 0 Å². The van der Waals surface area contributed by atoms with Crippen molar-refractivity contribution < 1.29 is 0 Å².